The van der Waals surface area contributed by atoms with E-state index >= 15 is 0 Å². The van der Waals surface area contributed by atoms with Crippen molar-refractivity contribution in [2.24, 2.45) is 0 Å². The van der Waals surface area contributed by atoms with Gasteiger partial charge in [-0.3, -0.25) is 9.10 Å². The molecule has 0 spiro atoms. The van der Waals surface area contributed by atoms with E-state index in [-0.39, 0.29) is 39.8 Å². The van der Waals surface area contributed by atoms with Crippen LogP contribution in [0.25, 0.3) is 56.0 Å². The molecule has 1 amide bonds. The summed E-state index contributed by atoms with van der Waals surface area (Å²) < 4.78 is 82.2. The normalized spacial score (nSPS) is 12.0. The fraction of sp³-hybridized carbons (Fsp3) is 0.125. The number of hydrogen-bond acceptors (Lipinski definition) is 9. The number of carbonyl (C=O) groups is 1. The summed E-state index contributed by atoms with van der Waals surface area (Å²) >= 11 is 6.32. The highest BCUT2D eigenvalue weighted by molar-refractivity contribution is 7.92. The number of oxazole rings is 1. The number of aromatic nitrogens is 1. The summed E-state index contributed by atoms with van der Waals surface area (Å²) in [7, 11) is -5.03. The molecule has 47 heavy (non-hydrogen) atoms. The summed E-state index contributed by atoms with van der Waals surface area (Å²) in [5.41, 5.74) is 2.41. The molecule has 6 rings (SSSR count). The summed E-state index contributed by atoms with van der Waals surface area (Å²) in [6.07, 6.45) is 1.91. The number of rotatable bonds is 8. The van der Waals surface area contributed by atoms with E-state index in [2.05, 4.69) is 10.3 Å². The van der Waals surface area contributed by atoms with Gasteiger partial charge in [-0.15, -0.1) is 0 Å². The number of para-hydroxylation sites is 1. The van der Waals surface area contributed by atoms with Crippen molar-refractivity contribution in [3.05, 3.63) is 89.2 Å². The number of nitrogens with zero attached hydrogens (tertiary/aromatic N) is 2. The van der Waals surface area contributed by atoms with Crippen molar-refractivity contribution in [2.45, 2.75) is 0 Å². The Labute approximate surface area is 273 Å². The van der Waals surface area contributed by atoms with Gasteiger partial charge < -0.3 is 18.3 Å². The van der Waals surface area contributed by atoms with Crippen LogP contribution in [0.5, 0.6) is 5.75 Å². The molecule has 0 bridgehead atoms. The first-order chi connectivity index (χ1) is 22.1. The predicted molar refractivity (Wildman–Crippen MR) is 177 cm³/mol. The van der Waals surface area contributed by atoms with Gasteiger partial charge in [0.2, 0.25) is 15.9 Å². The molecular weight excluding hydrogens is 673 g/mol. The van der Waals surface area contributed by atoms with E-state index in [1.807, 2.05) is 0 Å². The zero-order valence-electron chi connectivity index (χ0n) is 25.2. The molecule has 0 saturated carbocycles. The van der Waals surface area contributed by atoms with Crippen LogP contribution in [-0.2, 0) is 20.1 Å². The molecule has 0 aliphatic heterocycles. The monoisotopic (exact) mass is 697 g/mol. The lowest BCUT2D eigenvalue weighted by Crippen LogP contribution is -2.25. The van der Waals surface area contributed by atoms with Crippen molar-refractivity contribution >= 4 is 65.4 Å². The van der Waals surface area contributed by atoms with Crippen LogP contribution in [0, 0.1) is 5.82 Å². The van der Waals surface area contributed by atoms with E-state index in [9.17, 15) is 26.0 Å². The van der Waals surface area contributed by atoms with Crippen LogP contribution >= 0.6 is 11.6 Å². The Hall–Kier alpha value is -4.92. The minimum atomic E-state index is -4.00. The van der Waals surface area contributed by atoms with Gasteiger partial charge in [-0.1, -0.05) is 23.7 Å². The number of nitrogens with one attached hydrogen (secondary N) is 1. The zero-order valence-corrected chi connectivity index (χ0v) is 27.5. The standard InChI is InChI=1S/C32H25ClFN3O8S2/c1-35-31(38)28-21-15-20(24(37(2)46(3,39)40)16-27(21)43-30(28)17-8-11-19(34)12-9-17)18-10-13-25(45-47(4,41)42)22(14-18)32-36-29-23(33)6-5-7-26(29)44-32/h5-16H,1-4H3,(H,35,38). The predicted octanol–water partition coefficient (Wildman–Crippen LogP) is 6.46. The number of halogens is 2. The second-order valence-corrected chi connectivity index (χ2v) is 14.6. The van der Waals surface area contributed by atoms with Gasteiger partial charge in [-0.05, 0) is 60.2 Å². The maximum Gasteiger partial charge on any atom is 0.306 e. The lowest BCUT2D eigenvalue weighted by atomic mass is 9.97. The van der Waals surface area contributed by atoms with Crippen LogP contribution in [0.15, 0.2) is 81.6 Å². The van der Waals surface area contributed by atoms with E-state index in [0.29, 0.717) is 38.2 Å². The van der Waals surface area contributed by atoms with Crippen LogP contribution in [0.2, 0.25) is 5.02 Å². The van der Waals surface area contributed by atoms with Gasteiger partial charge in [0.15, 0.2) is 11.3 Å². The van der Waals surface area contributed by atoms with E-state index in [1.54, 1.807) is 24.3 Å². The molecule has 15 heteroatoms. The van der Waals surface area contributed by atoms with Gasteiger partial charge in [0.25, 0.3) is 5.91 Å². The summed E-state index contributed by atoms with van der Waals surface area (Å²) in [5, 5.41) is 3.23. The molecule has 0 fully saturated rings. The maximum absolute atomic E-state index is 13.7. The third kappa shape index (κ3) is 6.14. The van der Waals surface area contributed by atoms with Gasteiger partial charge in [-0.2, -0.15) is 8.42 Å². The van der Waals surface area contributed by atoms with E-state index in [1.165, 1.54) is 62.6 Å². The number of anilines is 1. The van der Waals surface area contributed by atoms with Crippen LogP contribution in [0.1, 0.15) is 10.4 Å². The molecule has 242 valence electrons. The van der Waals surface area contributed by atoms with E-state index in [0.717, 1.165) is 16.8 Å². The van der Waals surface area contributed by atoms with Crippen molar-refractivity contribution < 1.29 is 39.0 Å². The molecule has 0 radical (unpaired) electrons. The molecule has 2 aromatic heterocycles. The van der Waals surface area contributed by atoms with Crippen molar-refractivity contribution in [1.29, 1.82) is 0 Å². The average Bonchev–Trinajstić information content (AvgIpc) is 3.61. The van der Waals surface area contributed by atoms with Crippen molar-refractivity contribution in [1.82, 2.24) is 10.3 Å². The van der Waals surface area contributed by atoms with Gasteiger partial charge >= 0.3 is 10.1 Å². The molecule has 0 aliphatic rings. The van der Waals surface area contributed by atoms with Crippen LogP contribution in [-0.4, -0.2) is 54.3 Å². The molecule has 0 aliphatic carbocycles. The summed E-state index contributed by atoms with van der Waals surface area (Å²) in [6, 6.07) is 17.8. The Morgan fingerprint density at radius 3 is 2.26 bits per heavy atom. The van der Waals surface area contributed by atoms with Crippen LogP contribution in [0.4, 0.5) is 10.1 Å². The van der Waals surface area contributed by atoms with Gasteiger partial charge in [0.05, 0.1) is 34.3 Å². The van der Waals surface area contributed by atoms with Gasteiger partial charge in [0.1, 0.15) is 22.7 Å². The third-order valence-corrected chi connectivity index (χ3v) is 9.31. The van der Waals surface area contributed by atoms with Crippen molar-refractivity contribution in [2.75, 3.05) is 30.9 Å². The number of hydrogen-bond donors (Lipinski definition) is 1. The fourth-order valence-corrected chi connectivity index (χ4v) is 6.28. The minimum absolute atomic E-state index is 0.0133. The van der Waals surface area contributed by atoms with Gasteiger partial charge in [0, 0.05) is 36.7 Å². The summed E-state index contributed by atoms with van der Waals surface area (Å²) in [4.78, 5) is 17.7. The van der Waals surface area contributed by atoms with Crippen LogP contribution in [0.3, 0.4) is 0 Å². The summed E-state index contributed by atoms with van der Waals surface area (Å²) in [6.45, 7) is 0. The lowest BCUT2D eigenvalue weighted by molar-refractivity contribution is 0.0964. The summed E-state index contributed by atoms with van der Waals surface area (Å²) in [5.74, 6) is -0.956. The van der Waals surface area contributed by atoms with Gasteiger partial charge in [-0.25, -0.2) is 17.8 Å². The highest BCUT2D eigenvalue weighted by atomic mass is 35.5. The van der Waals surface area contributed by atoms with Crippen molar-refractivity contribution in [3.63, 3.8) is 0 Å². The Balaban J connectivity index is 1.66. The van der Waals surface area contributed by atoms with Crippen molar-refractivity contribution in [3.8, 4) is 39.7 Å². The number of furan rings is 1. The first kappa shape index (κ1) is 32.0. The molecule has 2 heterocycles. The SMILES string of the molecule is CNC(=O)c1c(-c2ccc(F)cc2)oc2cc(N(C)S(C)(=O)=O)c(-c3ccc(OS(C)(=O)=O)c(-c4nc5c(Cl)cccc5o4)c3)cc12. The largest absolute Gasteiger partial charge is 0.455 e. The number of sulfonamides is 1. The molecule has 0 unspecified atom stereocenters. The smallest absolute Gasteiger partial charge is 0.306 e. The Morgan fingerprint density at radius 1 is 0.915 bits per heavy atom. The lowest BCUT2D eigenvalue weighted by Gasteiger charge is -2.21. The second kappa shape index (κ2) is 11.7. The van der Waals surface area contributed by atoms with E-state index < -0.39 is 31.9 Å². The average molecular weight is 698 g/mol. The Morgan fingerprint density at radius 2 is 1.62 bits per heavy atom. The fourth-order valence-electron chi connectivity index (χ4n) is 5.09. The number of amides is 1. The molecule has 4 aromatic carbocycles. The highest BCUT2D eigenvalue weighted by Gasteiger charge is 2.27. The topological polar surface area (TPSA) is 149 Å². The molecule has 6 aromatic rings. The number of fused-ring (bicyclic) bond motifs is 2. The zero-order chi connectivity index (χ0) is 33.8. The van der Waals surface area contributed by atoms with E-state index in [4.69, 9.17) is 24.6 Å². The first-order valence-corrected chi connectivity index (χ1v) is 17.8. The quantitative estimate of drug-likeness (QED) is 0.177. The molecule has 0 atom stereocenters. The highest BCUT2D eigenvalue weighted by Crippen LogP contribution is 2.44. The number of carbonyl (C=O) groups excluding carboxylic acids is 1. The number of benzene rings is 4. The first-order valence-electron chi connectivity index (χ1n) is 13.8. The maximum atomic E-state index is 13.7. The molecule has 0 saturated heterocycles. The molecular formula is C32H25ClFN3O8S2. The second-order valence-electron chi connectivity index (χ2n) is 10.6. The molecule has 1 N–H and O–H groups in total. The minimum Gasteiger partial charge on any atom is -0.455 e. The molecule has 11 nitrogen and oxygen atoms in total. The Bertz CT molecular complexity index is 2440. The van der Waals surface area contributed by atoms with Crippen LogP contribution < -0.4 is 13.8 Å². The Kier molecular flexibility index (Phi) is 7.98. The third-order valence-electron chi connectivity index (χ3n) is 7.34.